The molecule has 1 N–H and O–H groups in total. The molecular weight excluding hydrogens is 294 g/mol. The molecule has 3 aromatic rings. The smallest absolute Gasteiger partial charge is 0.335 e. The number of benzene rings is 1. The number of carboxylic acids is 1. The van der Waals surface area contributed by atoms with E-state index < -0.39 is 5.97 Å². The fourth-order valence-electron chi connectivity index (χ4n) is 1.72. The molecule has 2 heterocycles. The highest BCUT2D eigenvalue weighted by molar-refractivity contribution is 6.30. The molecule has 7 heteroatoms. The van der Waals surface area contributed by atoms with Crippen LogP contribution in [0.3, 0.4) is 0 Å². The van der Waals surface area contributed by atoms with Crippen molar-refractivity contribution in [3.05, 3.63) is 53.2 Å². The summed E-state index contributed by atoms with van der Waals surface area (Å²) < 4.78 is 5.52. The maximum absolute atomic E-state index is 10.8. The van der Waals surface area contributed by atoms with Crippen LogP contribution in [0.1, 0.15) is 10.4 Å². The van der Waals surface area contributed by atoms with Gasteiger partial charge in [0.05, 0.1) is 5.56 Å². The lowest BCUT2D eigenvalue weighted by Crippen LogP contribution is -1.94. The van der Waals surface area contributed by atoms with Gasteiger partial charge in [0.15, 0.2) is 0 Å². The van der Waals surface area contributed by atoms with Crippen LogP contribution in [-0.2, 0) is 0 Å². The van der Waals surface area contributed by atoms with E-state index in [9.17, 15) is 4.79 Å². The Labute approximate surface area is 124 Å². The predicted molar refractivity (Wildman–Crippen MR) is 74.9 cm³/mol. The van der Waals surface area contributed by atoms with E-state index in [2.05, 4.69) is 15.2 Å². The van der Waals surface area contributed by atoms with Crippen LogP contribution in [0.2, 0.25) is 5.02 Å². The lowest BCUT2D eigenvalue weighted by atomic mass is 10.1. The number of hydrogen-bond donors (Lipinski definition) is 1. The van der Waals surface area contributed by atoms with Crippen molar-refractivity contribution >= 4 is 17.6 Å². The number of pyridine rings is 1. The average Bonchev–Trinajstić information content (AvgIpc) is 2.97. The van der Waals surface area contributed by atoms with Gasteiger partial charge in [0.1, 0.15) is 5.69 Å². The Hall–Kier alpha value is -2.73. The quantitative estimate of drug-likeness (QED) is 0.799. The van der Waals surface area contributed by atoms with Gasteiger partial charge in [-0.05, 0) is 36.4 Å². The number of aromatic carboxylic acids is 1. The van der Waals surface area contributed by atoms with Crippen molar-refractivity contribution in [2.75, 3.05) is 0 Å². The fourth-order valence-corrected chi connectivity index (χ4v) is 1.88. The lowest BCUT2D eigenvalue weighted by Gasteiger charge is -1.97. The molecule has 0 saturated carbocycles. The first-order chi connectivity index (χ1) is 10.1. The third-order valence-corrected chi connectivity index (χ3v) is 2.98. The summed E-state index contributed by atoms with van der Waals surface area (Å²) in [4.78, 5) is 14.9. The minimum Gasteiger partial charge on any atom is -0.478 e. The monoisotopic (exact) mass is 301 g/mol. The summed E-state index contributed by atoms with van der Waals surface area (Å²) in [5.41, 5.74) is 1.29. The molecule has 1 aromatic carbocycles. The van der Waals surface area contributed by atoms with E-state index in [0.717, 1.165) is 0 Å². The average molecular weight is 302 g/mol. The molecule has 0 unspecified atom stereocenters. The van der Waals surface area contributed by atoms with Crippen LogP contribution in [0.5, 0.6) is 0 Å². The molecule has 0 fully saturated rings. The second-order valence-electron chi connectivity index (χ2n) is 4.15. The molecule has 0 spiro atoms. The topological polar surface area (TPSA) is 89.1 Å². The van der Waals surface area contributed by atoms with Gasteiger partial charge < -0.3 is 9.52 Å². The Morgan fingerprint density at radius 1 is 1.10 bits per heavy atom. The Morgan fingerprint density at radius 3 is 2.48 bits per heavy atom. The van der Waals surface area contributed by atoms with E-state index in [4.69, 9.17) is 21.1 Å². The van der Waals surface area contributed by atoms with Crippen molar-refractivity contribution in [1.29, 1.82) is 0 Å². The van der Waals surface area contributed by atoms with E-state index in [1.54, 1.807) is 30.5 Å². The first-order valence-electron chi connectivity index (χ1n) is 5.92. The number of carboxylic acid groups (broad SMARTS) is 1. The number of nitrogens with zero attached hydrogens (tertiary/aromatic N) is 3. The van der Waals surface area contributed by atoms with Crippen LogP contribution in [0, 0.1) is 0 Å². The number of aromatic nitrogens is 3. The summed E-state index contributed by atoms with van der Waals surface area (Å²) in [6.45, 7) is 0. The van der Waals surface area contributed by atoms with Crippen molar-refractivity contribution in [3.8, 4) is 23.0 Å². The molecule has 0 aliphatic carbocycles. The third kappa shape index (κ3) is 2.75. The van der Waals surface area contributed by atoms with Crippen LogP contribution in [0.4, 0.5) is 0 Å². The summed E-state index contributed by atoms with van der Waals surface area (Å²) in [6.07, 6.45) is 1.54. The van der Waals surface area contributed by atoms with Gasteiger partial charge in [0, 0.05) is 16.8 Å². The third-order valence-electron chi connectivity index (χ3n) is 2.74. The van der Waals surface area contributed by atoms with Crippen molar-refractivity contribution in [3.63, 3.8) is 0 Å². The normalized spacial score (nSPS) is 10.5. The predicted octanol–water partition coefficient (Wildman–Crippen LogP) is 3.15. The molecular formula is C14H8ClN3O3. The second-order valence-corrected chi connectivity index (χ2v) is 4.59. The van der Waals surface area contributed by atoms with Crippen molar-refractivity contribution < 1.29 is 14.3 Å². The van der Waals surface area contributed by atoms with Crippen LogP contribution in [0.15, 0.2) is 47.0 Å². The summed E-state index contributed by atoms with van der Waals surface area (Å²) in [5, 5.41) is 17.2. The van der Waals surface area contributed by atoms with Crippen LogP contribution < -0.4 is 0 Å². The molecule has 0 aliphatic rings. The highest BCUT2D eigenvalue weighted by Gasteiger charge is 2.12. The molecule has 0 saturated heterocycles. The van der Waals surface area contributed by atoms with E-state index in [1.165, 1.54) is 12.1 Å². The summed E-state index contributed by atoms with van der Waals surface area (Å²) in [5.74, 6) is -0.463. The van der Waals surface area contributed by atoms with Crippen molar-refractivity contribution in [1.82, 2.24) is 15.2 Å². The van der Waals surface area contributed by atoms with Gasteiger partial charge in [-0.25, -0.2) is 4.79 Å². The molecule has 0 amide bonds. The summed E-state index contributed by atoms with van der Waals surface area (Å²) in [6, 6.07) is 9.41. The van der Waals surface area contributed by atoms with Crippen LogP contribution in [-0.4, -0.2) is 26.3 Å². The maximum Gasteiger partial charge on any atom is 0.335 e. The highest BCUT2D eigenvalue weighted by Crippen LogP contribution is 2.24. The molecule has 21 heavy (non-hydrogen) atoms. The summed E-state index contributed by atoms with van der Waals surface area (Å²) in [7, 11) is 0. The molecule has 3 rings (SSSR count). The number of hydrogen-bond acceptors (Lipinski definition) is 5. The van der Waals surface area contributed by atoms with Gasteiger partial charge in [0.2, 0.25) is 5.89 Å². The van der Waals surface area contributed by atoms with E-state index in [1.807, 2.05) is 0 Å². The number of rotatable bonds is 3. The van der Waals surface area contributed by atoms with Gasteiger partial charge in [-0.2, -0.15) is 0 Å². The molecule has 0 atom stereocenters. The van der Waals surface area contributed by atoms with Crippen molar-refractivity contribution in [2.24, 2.45) is 0 Å². The Morgan fingerprint density at radius 2 is 1.81 bits per heavy atom. The Bertz CT molecular complexity index is 799. The minimum absolute atomic E-state index is 0.190. The van der Waals surface area contributed by atoms with Gasteiger partial charge in [0.25, 0.3) is 5.89 Å². The standard InChI is InChI=1S/C14H8ClN3O3/c15-10-5-6-16-11(7-10)13-18-17-12(21-13)8-1-3-9(4-2-8)14(19)20/h1-7H,(H,19,20). The zero-order valence-corrected chi connectivity index (χ0v) is 11.3. The second kappa shape index (κ2) is 5.34. The zero-order chi connectivity index (χ0) is 14.8. The van der Waals surface area contributed by atoms with Gasteiger partial charge >= 0.3 is 5.97 Å². The largest absolute Gasteiger partial charge is 0.478 e. The van der Waals surface area contributed by atoms with Crippen LogP contribution >= 0.6 is 11.6 Å². The Balaban J connectivity index is 1.93. The number of carbonyl (C=O) groups is 1. The number of halogens is 1. The van der Waals surface area contributed by atoms with E-state index >= 15 is 0 Å². The van der Waals surface area contributed by atoms with E-state index in [-0.39, 0.29) is 17.3 Å². The van der Waals surface area contributed by atoms with Gasteiger partial charge in [-0.15, -0.1) is 10.2 Å². The zero-order valence-electron chi connectivity index (χ0n) is 10.5. The van der Waals surface area contributed by atoms with Crippen LogP contribution in [0.25, 0.3) is 23.0 Å². The molecule has 0 aliphatic heterocycles. The van der Waals surface area contributed by atoms with E-state index in [0.29, 0.717) is 16.3 Å². The fraction of sp³-hybridized carbons (Fsp3) is 0. The maximum atomic E-state index is 10.8. The first kappa shape index (κ1) is 13.3. The molecule has 0 bridgehead atoms. The first-order valence-corrected chi connectivity index (χ1v) is 6.30. The highest BCUT2D eigenvalue weighted by atomic mass is 35.5. The molecule has 2 aromatic heterocycles. The molecule has 104 valence electrons. The van der Waals surface area contributed by atoms with Crippen molar-refractivity contribution in [2.45, 2.75) is 0 Å². The minimum atomic E-state index is -0.990. The molecule has 6 nitrogen and oxygen atoms in total. The van der Waals surface area contributed by atoms with Gasteiger partial charge in [-0.3, -0.25) is 4.98 Å². The van der Waals surface area contributed by atoms with Gasteiger partial charge in [-0.1, -0.05) is 11.6 Å². The Kier molecular flexibility index (Phi) is 3.37. The molecule has 0 radical (unpaired) electrons. The lowest BCUT2D eigenvalue weighted by molar-refractivity contribution is 0.0697. The summed E-state index contributed by atoms with van der Waals surface area (Å²) >= 11 is 5.88. The SMILES string of the molecule is O=C(O)c1ccc(-c2nnc(-c3cc(Cl)ccn3)o2)cc1.